The standard InChI is InChI=1S/C20H15.C18H15N2.Ir/c1-15-13-16(2)20(18-11-7-4-8-12-18)14-19(15)17-9-5-3-6-10-17;1-13-11-14(2)16(18-8-4-6-10-20-18)12-15(13)17-7-3-5-9-19-17;/h3-9,11,13H,1-2H3;3-11H,1-2H3;/q-3;-1;. The molecule has 6 rings (SSSR count). The van der Waals surface area contributed by atoms with Crippen LogP contribution in [0.15, 0.2) is 109 Å². The Morgan fingerprint density at radius 2 is 0.854 bits per heavy atom. The summed E-state index contributed by atoms with van der Waals surface area (Å²) in [6, 6.07) is 45.9. The average Bonchev–Trinajstić information content (AvgIpc) is 2.99. The van der Waals surface area contributed by atoms with Crippen molar-refractivity contribution in [1.82, 2.24) is 9.97 Å². The van der Waals surface area contributed by atoms with E-state index in [0.29, 0.717) is 0 Å². The van der Waals surface area contributed by atoms with Crippen LogP contribution in [0.2, 0.25) is 0 Å². The maximum absolute atomic E-state index is 4.42. The summed E-state index contributed by atoms with van der Waals surface area (Å²) in [4.78, 5) is 8.85. The van der Waals surface area contributed by atoms with Gasteiger partial charge in [0.1, 0.15) is 0 Å². The molecule has 4 aromatic carbocycles. The van der Waals surface area contributed by atoms with Crippen LogP contribution in [-0.4, -0.2) is 9.97 Å². The zero-order valence-corrected chi connectivity index (χ0v) is 26.0. The second-order valence-corrected chi connectivity index (χ2v) is 9.75. The molecule has 205 valence electrons. The van der Waals surface area contributed by atoms with Crippen LogP contribution in [-0.2, 0) is 20.1 Å². The van der Waals surface area contributed by atoms with Crippen LogP contribution in [0.4, 0.5) is 0 Å². The van der Waals surface area contributed by atoms with Gasteiger partial charge in [-0.3, -0.25) is 9.97 Å². The normalized spacial score (nSPS) is 10.2. The monoisotopic (exact) mass is 707 g/mol. The molecule has 0 aliphatic heterocycles. The predicted molar refractivity (Wildman–Crippen MR) is 165 cm³/mol. The van der Waals surface area contributed by atoms with Crippen molar-refractivity contribution in [2.24, 2.45) is 0 Å². The maximum atomic E-state index is 4.42. The summed E-state index contributed by atoms with van der Waals surface area (Å²) in [7, 11) is 0. The van der Waals surface area contributed by atoms with Gasteiger partial charge in [0.25, 0.3) is 0 Å². The molecule has 0 N–H and O–H groups in total. The second-order valence-electron chi connectivity index (χ2n) is 9.75. The van der Waals surface area contributed by atoms with E-state index in [9.17, 15) is 0 Å². The van der Waals surface area contributed by atoms with Crippen LogP contribution < -0.4 is 0 Å². The Bertz CT molecular complexity index is 1450. The zero-order valence-electron chi connectivity index (χ0n) is 23.6. The SMILES string of the molecule is Cc1cc(C)c(-c2[c-]cccc2)[c-]c1-c1[c-]cccc1.Cc1cc(C)c(-c2ccccn2)[c-]c1-c1ccccn1.[Ir]. The quantitative estimate of drug-likeness (QED) is 0.171. The van der Waals surface area contributed by atoms with E-state index >= 15 is 0 Å². The van der Waals surface area contributed by atoms with Crippen LogP contribution in [0.5, 0.6) is 0 Å². The molecule has 0 saturated carbocycles. The average molecular weight is 707 g/mol. The van der Waals surface area contributed by atoms with Crippen LogP contribution in [0.3, 0.4) is 0 Å². The molecule has 0 spiro atoms. The van der Waals surface area contributed by atoms with Gasteiger partial charge >= 0.3 is 0 Å². The van der Waals surface area contributed by atoms with Crippen molar-refractivity contribution >= 4 is 0 Å². The number of nitrogens with zero attached hydrogens (tertiary/aromatic N) is 2. The Kier molecular flexibility index (Phi) is 10.1. The van der Waals surface area contributed by atoms with Crippen molar-refractivity contribution < 1.29 is 20.1 Å². The van der Waals surface area contributed by atoms with Gasteiger partial charge in [-0.25, -0.2) is 28.3 Å². The summed E-state index contributed by atoms with van der Waals surface area (Å²) in [5.74, 6) is 0. The van der Waals surface area contributed by atoms with Crippen molar-refractivity contribution in [2.75, 3.05) is 0 Å². The van der Waals surface area contributed by atoms with E-state index in [1.807, 2.05) is 85.2 Å². The van der Waals surface area contributed by atoms with Gasteiger partial charge in [-0.2, -0.15) is 59.7 Å². The summed E-state index contributed by atoms with van der Waals surface area (Å²) in [5, 5.41) is 0. The molecule has 0 bridgehead atoms. The summed E-state index contributed by atoms with van der Waals surface area (Å²) < 4.78 is 0. The topological polar surface area (TPSA) is 25.8 Å². The van der Waals surface area contributed by atoms with E-state index in [2.05, 4.69) is 86.2 Å². The fraction of sp³-hybridized carbons (Fsp3) is 0.105. The molecular weight excluding hydrogens is 677 g/mol. The van der Waals surface area contributed by atoms with Crippen molar-refractivity contribution in [2.45, 2.75) is 27.7 Å². The number of hydrogen-bond acceptors (Lipinski definition) is 2. The molecule has 0 amide bonds. The number of aryl methyl sites for hydroxylation is 4. The number of aromatic nitrogens is 2. The minimum absolute atomic E-state index is 0. The Balaban J connectivity index is 0.000000184. The predicted octanol–water partition coefficient (Wildman–Crippen LogP) is 9.26. The first-order valence-electron chi connectivity index (χ1n) is 13.4. The number of hydrogen-bond donors (Lipinski definition) is 0. The maximum Gasteiger partial charge on any atom is 0.0183 e. The molecule has 3 heteroatoms. The molecule has 0 aliphatic carbocycles. The largest absolute Gasteiger partial charge is 0.295 e. The van der Waals surface area contributed by atoms with Gasteiger partial charge in [-0.15, -0.1) is 41.5 Å². The summed E-state index contributed by atoms with van der Waals surface area (Å²) >= 11 is 0. The van der Waals surface area contributed by atoms with Crippen LogP contribution in [0.25, 0.3) is 44.8 Å². The fourth-order valence-electron chi connectivity index (χ4n) is 4.79. The second kappa shape index (κ2) is 13.9. The molecular formula is C38H30IrN2-4. The Labute approximate surface area is 257 Å². The van der Waals surface area contributed by atoms with Gasteiger partial charge < -0.3 is 0 Å². The van der Waals surface area contributed by atoms with E-state index < -0.39 is 0 Å². The minimum Gasteiger partial charge on any atom is -0.295 e. The first-order chi connectivity index (χ1) is 19.5. The van der Waals surface area contributed by atoms with Gasteiger partial charge in [-0.1, -0.05) is 63.1 Å². The zero-order chi connectivity index (χ0) is 27.9. The first-order valence-corrected chi connectivity index (χ1v) is 13.4. The molecule has 0 aliphatic rings. The van der Waals surface area contributed by atoms with Crippen LogP contribution >= 0.6 is 0 Å². The third kappa shape index (κ3) is 7.13. The summed E-state index contributed by atoms with van der Waals surface area (Å²) in [6.45, 7) is 8.43. The molecule has 1 radical (unpaired) electrons. The Hall–Kier alpha value is -4.17. The molecule has 2 heterocycles. The van der Waals surface area contributed by atoms with Gasteiger partial charge in [0.15, 0.2) is 0 Å². The van der Waals surface area contributed by atoms with Gasteiger partial charge in [0.05, 0.1) is 0 Å². The molecule has 0 fully saturated rings. The number of rotatable bonds is 4. The van der Waals surface area contributed by atoms with Crippen molar-refractivity contribution in [3.8, 4) is 44.8 Å². The van der Waals surface area contributed by atoms with E-state index in [1.54, 1.807) is 0 Å². The van der Waals surface area contributed by atoms with Crippen LogP contribution in [0, 0.1) is 52.0 Å². The van der Waals surface area contributed by atoms with Crippen molar-refractivity contribution in [1.29, 1.82) is 0 Å². The summed E-state index contributed by atoms with van der Waals surface area (Å²) in [5.41, 5.74) is 13.2. The smallest absolute Gasteiger partial charge is 0.0183 e. The molecule has 2 nitrogen and oxygen atoms in total. The Morgan fingerprint density at radius 1 is 0.463 bits per heavy atom. The molecule has 41 heavy (non-hydrogen) atoms. The van der Waals surface area contributed by atoms with E-state index in [-0.39, 0.29) is 20.1 Å². The minimum atomic E-state index is 0. The van der Waals surface area contributed by atoms with Crippen molar-refractivity contribution in [3.05, 3.63) is 156 Å². The summed E-state index contributed by atoms with van der Waals surface area (Å²) in [6.07, 6.45) is 3.62. The third-order valence-corrected chi connectivity index (χ3v) is 6.74. The molecule has 0 saturated heterocycles. The van der Waals surface area contributed by atoms with Gasteiger partial charge in [0, 0.05) is 43.9 Å². The number of pyridine rings is 2. The van der Waals surface area contributed by atoms with E-state index in [4.69, 9.17) is 0 Å². The molecule has 6 aromatic rings. The molecule has 0 atom stereocenters. The number of benzene rings is 4. The van der Waals surface area contributed by atoms with Gasteiger partial charge in [-0.05, 0) is 12.1 Å². The fourth-order valence-corrected chi connectivity index (χ4v) is 4.79. The first kappa shape index (κ1) is 29.8. The van der Waals surface area contributed by atoms with Crippen molar-refractivity contribution in [3.63, 3.8) is 0 Å². The molecule has 2 aromatic heterocycles. The third-order valence-electron chi connectivity index (χ3n) is 6.74. The van der Waals surface area contributed by atoms with Crippen LogP contribution in [0.1, 0.15) is 22.3 Å². The van der Waals surface area contributed by atoms with E-state index in [0.717, 1.165) is 44.8 Å². The molecule has 0 unspecified atom stereocenters. The van der Waals surface area contributed by atoms with E-state index in [1.165, 1.54) is 22.3 Å². The van der Waals surface area contributed by atoms with Gasteiger partial charge in [0.2, 0.25) is 0 Å². The Morgan fingerprint density at radius 3 is 1.22 bits per heavy atom.